The maximum absolute atomic E-state index is 12.1. The van der Waals surface area contributed by atoms with Crippen LogP contribution in [0.2, 0.25) is 0 Å². The van der Waals surface area contributed by atoms with Gasteiger partial charge in [-0.3, -0.25) is 4.79 Å². The van der Waals surface area contributed by atoms with Crippen LogP contribution in [-0.2, 0) is 9.53 Å². The van der Waals surface area contributed by atoms with E-state index in [4.69, 9.17) is 10.2 Å². The molecular weight excluding hydrogens is 192 g/mol. The molecule has 3 fully saturated rings. The molecule has 0 aromatic heterocycles. The summed E-state index contributed by atoms with van der Waals surface area (Å²) < 4.78 is 37.7. The maximum atomic E-state index is 12.1. The predicted molar refractivity (Wildman–Crippen MR) is 55.5 cm³/mol. The number of carbonyl (C=O) groups is 1. The summed E-state index contributed by atoms with van der Waals surface area (Å²) in [5.41, 5.74) is -1.24. The van der Waals surface area contributed by atoms with Crippen molar-refractivity contribution in [3.8, 4) is 0 Å². The monoisotopic (exact) mass is 214 g/mol. The van der Waals surface area contributed by atoms with E-state index in [0.29, 0.717) is 25.9 Å². The fourth-order valence-corrected chi connectivity index (χ4v) is 2.12. The van der Waals surface area contributed by atoms with E-state index >= 15 is 0 Å². The van der Waals surface area contributed by atoms with Crippen LogP contribution in [0.25, 0.3) is 0 Å². The van der Waals surface area contributed by atoms with Crippen molar-refractivity contribution in [1.29, 1.82) is 0 Å². The van der Waals surface area contributed by atoms with Crippen LogP contribution < -0.4 is 5.32 Å². The van der Waals surface area contributed by atoms with E-state index < -0.39 is 24.6 Å². The van der Waals surface area contributed by atoms with E-state index in [0.717, 1.165) is 17.7 Å². The molecule has 0 aromatic rings. The summed E-state index contributed by atoms with van der Waals surface area (Å²) >= 11 is 0. The van der Waals surface area contributed by atoms with Crippen LogP contribution in [0.15, 0.2) is 0 Å². The van der Waals surface area contributed by atoms with Crippen LogP contribution in [-0.4, -0.2) is 48.6 Å². The molecule has 0 radical (unpaired) electrons. The van der Waals surface area contributed by atoms with Crippen LogP contribution in [0.5, 0.6) is 0 Å². The minimum atomic E-state index is -2.43. The summed E-state index contributed by atoms with van der Waals surface area (Å²) in [4.78, 5) is 13.3. The minimum Gasteiger partial charge on any atom is -0.363 e. The molecule has 2 saturated heterocycles. The maximum Gasteiger partial charge on any atom is 0.248 e. The summed E-state index contributed by atoms with van der Waals surface area (Å²) in [5, 5.41) is 3.12. The van der Waals surface area contributed by atoms with Gasteiger partial charge >= 0.3 is 0 Å². The van der Waals surface area contributed by atoms with E-state index in [-0.39, 0.29) is 6.04 Å². The molecule has 0 aromatic carbocycles. The van der Waals surface area contributed by atoms with E-state index in [1.165, 1.54) is 0 Å². The lowest BCUT2D eigenvalue weighted by molar-refractivity contribution is -0.168. The van der Waals surface area contributed by atoms with Crippen molar-refractivity contribution in [2.75, 3.05) is 26.1 Å². The lowest BCUT2D eigenvalue weighted by Crippen LogP contribution is -2.58. The van der Waals surface area contributed by atoms with Crippen molar-refractivity contribution >= 4 is 5.91 Å². The number of hydrogen-bond donors (Lipinski definition) is 1. The van der Waals surface area contributed by atoms with Gasteiger partial charge in [0.25, 0.3) is 0 Å². The summed E-state index contributed by atoms with van der Waals surface area (Å²) in [7, 11) is 0. The molecule has 4 heteroatoms. The zero-order valence-corrected chi connectivity index (χ0v) is 8.58. The minimum absolute atomic E-state index is 0.173. The zero-order chi connectivity index (χ0) is 13.9. The molecule has 1 saturated carbocycles. The number of ether oxygens (including phenoxy) is 1. The molecule has 2 aliphatic heterocycles. The van der Waals surface area contributed by atoms with Gasteiger partial charge in [0.1, 0.15) is 6.56 Å². The van der Waals surface area contributed by atoms with Crippen molar-refractivity contribution in [3.63, 3.8) is 0 Å². The third-order valence-corrected chi connectivity index (χ3v) is 3.20. The molecule has 0 atom stereocenters. The number of rotatable bonds is 1. The SMILES string of the molecule is [2H]C1([2H])OC2(CCNCC2)C([2H])([2H])N(C2CC2)C1=O. The van der Waals surface area contributed by atoms with Gasteiger partial charge in [-0.2, -0.15) is 0 Å². The predicted octanol–water partition coefficient (Wildman–Crippen LogP) is 0.130. The molecule has 1 aliphatic carbocycles. The van der Waals surface area contributed by atoms with Gasteiger partial charge in [0.05, 0.1) is 17.6 Å². The molecule has 1 amide bonds. The van der Waals surface area contributed by atoms with Crippen molar-refractivity contribution in [2.45, 2.75) is 37.3 Å². The van der Waals surface area contributed by atoms with E-state index in [1.54, 1.807) is 0 Å². The lowest BCUT2D eigenvalue weighted by Gasteiger charge is -2.45. The van der Waals surface area contributed by atoms with Gasteiger partial charge in [0.2, 0.25) is 5.91 Å². The Hall–Kier alpha value is -0.610. The summed E-state index contributed by atoms with van der Waals surface area (Å²) in [6, 6.07) is -0.173. The second-order valence-corrected chi connectivity index (χ2v) is 4.47. The van der Waals surface area contributed by atoms with Crippen LogP contribution in [0.3, 0.4) is 0 Å². The fraction of sp³-hybridized carbons (Fsp3) is 0.909. The average molecular weight is 214 g/mol. The zero-order valence-electron chi connectivity index (χ0n) is 12.6. The van der Waals surface area contributed by atoms with Crippen molar-refractivity contribution in [3.05, 3.63) is 0 Å². The molecule has 84 valence electrons. The number of carbonyl (C=O) groups excluding carboxylic acids is 1. The second-order valence-electron chi connectivity index (χ2n) is 4.47. The van der Waals surface area contributed by atoms with E-state index in [2.05, 4.69) is 5.32 Å². The highest BCUT2D eigenvalue weighted by molar-refractivity contribution is 5.79. The Bertz CT molecular complexity index is 405. The highest BCUT2D eigenvalue weighted by Gasteiger charge is 2.45. The first-order valence-electron chi connectivity index (χ1n) is 7.55. The molecule has 1 N–H and O–H groups in total. The number of amides is 1. The Morgan fingerprint density at radius 3 is 2.87 bits per heavy atom. The number of morpholine rings is 1. The highest BCUT2D eigenvalue weighted by atomic mass is 16.5. The molecule has 0 unspecified atom stereocenters. The number of nitrogens with one attached hydrogen (secondary N) is 1. The lowest BCUT2D eigenvalue weighted by atomic mass is 9.90. The Morgan fingerprint density at radius 1 is 1.47 bits per heavy atom. The standard InChI is InChI=1S/C11H18N2O2/c14-10-7-15-11(3-5-12-6-4-11)8-13(10)9-1-2-9/h9,12H,1-8H2/i7D2,8D2. The second kappa shape index (κ2) is 3.46. The highest BCUT2D eigenvalue weighted by Crippen LogP contribution is 2.34. The number of nitrogens with zero attached hydrogens (tertiary/aromatic N) is 1. The van der Waals surface area contributed by atoms with Crippen LogP contribution in [0, 0.1) is 0 Å². The first kappa shape index (κ1) is 6.21. The molecule has 3 rings (SSSR count). The van der Waals surface area contributed by atoms with Gasteiger partial charge < -0.3 is 15.0 Å². The van der Waals surface area contributed by atoms with Crippen LogP contribution >= 0.6 is 0 Å². The first-order valence-corrected chi connectivity index (χ1v) is 5.55. The van der Waals surface area contributed by atoms with Gasteiger partial charge in [0, 0.05) is 6.04 Å². The Labute approximate surface area is 95.6 Å². The van der Waals surface area contributed by atoms with Crippen molar-refractivity contribution < 1.29 is 15.0 Å². The van der Waals surface area contributed by atoms with E-state index in [1.807, 2.05) is 0 Å². The molecule has 3 aliphatic rings. The Morgan fingerprint density at radius 2 is 2.20 bits per heavy atom. The van der Waals surface area contributed by atoms with E-state index in [9.17, 15) is 4.79 Å². The fourth-order valence-electron chi connectivity index (χ4n) is 2.12. The van der Waals surface area contributed by atoms with Gasteiger partial charge in [-0.15, -0.1) is 0 Å². The number of piperidine rings is 1. The molecule has 0 bridgehead atoms. The number of hydrogen-bond acceptors (Lipinski definition) is 3. The summed E-state index contributed by atoms with van der Waals surface area (Å²) in [6.45, 7) is -3.23. The van der Waals surface area contributed by atoms with Gasteiger partial charge in [-0.25, -0.2) is 0 Å². The topological polar surface area (TPSA) is 41.6 Å². The molecular formula is C11H18N2O2. The van der Waals surface area contributed by atoms with Crippen LogP contribution in [0.1, 0.15) is 31.2 Å². The first-order chi connectivity index (χ1) is 8.80. The molecule has 4 nitrogen and oxygen atoms in total. The largest absolute Gasteiger partial charge is 0.363 e. The quantitative estimate of drug-likeness (QED) is 0.674. The Kier molecular flexibility index (Phi) is 1.43. The van der Waals surface area contributed by atoms with Crippen molar-refractivity contribution in [1.82, 2.24) is 10.2 Å². The van der Waals surface area contributed by atoms with Crippen molar-refractivity contribution in [2.24, 2.45) is 0 Å². The van der Waals surface area contributed by atoms with Gasteiger partial charge in [0.15, 0.2) is 0 Å². The third kappa shape index (κ3) is 1.76. The summed E-state index contributed by atoms with van der Waals surface area (Å²) in [6.07, 6.45) is 2.23. The van der Waals surface area contributed by atoms with Crippen LogP contribution in [0.4, 0.5) is 0 Å². The normalized spacial score (nSPS) is 41.6. The molecule has 15 heavy (non-hydrogen) atoms. The third-order valence-electron chi connectivity index (χ3n) is 3.20. The van der Waals surface area contributed by atoms with Gasteiger partial charge in [-0.05, 0) is 38.8 Å². The molecule has 1 spiro atoms. The molecule has 2 heterocycles. The Balaban J connectivity index is 2.02. The smallest absolute Gasteiger partial charge is 0.248 e. The van der Waals surface area contributed by atoms with Gasteiger partial charge in [-0.1, -0.05) is 0 Å². The average Bonchev–Trinajstić information content (AvgIpc) is 3.12. The summed E-state index contributed by atoms with van der Waals surface area (Å²) in [5.74, 6) is -0.871.